The van der Waals surface area contributed by atoms with Gasteiger partial charge in [-0.3, -0.25) is 0 Å². The third kappa shape index (κ3) is 4.63. The van der Waals surface area contributed by atoms with E-state index in [9.17, 15) is 9.59 Å². The average Bonchev–Trinajstić information content (AvgIpc) is 2.48. The molecule has 120 valence electrons. The third-order valence-electron chi connectivity index (χ3n) is 3.66. The lowest BCUT2D eigenvalue weighted by molar-refractivity contribution is 0.0526. The van der Waals surface area contributed by atoms with Crippen molar-refractivity contribution in [3.63, 3.8) is 0 Å². The lowest BCUT2D eigenvalue weighted by Crippen LogP contribution is -2.39. The molecular weight excluding hydrogens is 304 g/mol. The highest BCUT2D eigenvalue weighted by Gasteiger charge is 2.16. The van der Waals surface area contributed by atoms with Crippen LogP contribution in [-0.2, 0) is 4.74 Å². The van der Waals surface area contributed by atoms with Gasteiger partial charge in [-0.1, -0.05) is 30.9 Å². The van der Waals surface area contributed by atoms with E-state index >= 15 is 0 Å². The number of urea groups is 1. The number of halogens is 1. The molecule has 1 aliphatic carbocycles. The maximum atomic E-state index is 12.0. The Kier molecular flexibility index (Phi) is 6.07. The second-order valence-corrected chi connectivity index (χ2v) is 5.76. The van der Waals surface area contributed by atoms with Gasteiger partial charge < -0.3 is 15.4 Å². The largest absolute Gasteiger partial charge is 0.462 e. The number of carbonyl (C=O) groups is 2. The first-order valence-electron chi connectivity index (χ1n) is 7.64. The molecule has 2 N–H and O–H groups in total. The molecule has 5 nitrogen and oxygen atoms in total. The van der Waals surface area contributed by atoms with Crippen LogP contribution in [0.2, 0.25) is 5.02 Å². The van der Waals surface area contributed by atoms with Gasteiger partial charge in [0.1, 0.15) is 0 Å². The summed E-state index contributed by atoms with van der Waals surface area (Å²) in [5.41, 5.74) is 0.841. The van der Waals surface area contributed by atoms with Gasteiger partial charge in [0.25, 0.3) is 0 Å². The van der Waals surface area contributed by atoms with Crippen molar-refractivity contribution >= 4 is 29.3 Å². The van der Waals surface area contributed by atoms with E-state index in [1.807, 2.05) is 0 Å². The normalized spacial score (nSPS) is 15.2. The average molecular weight is 325 g/mol. The first kappa shape index (κ1) is 16.6. The molecule has 0 aromatic heterocycles. The van der Waals surface area contributed by atoms with Crippen LogP contribution >= 0.6 is 11.6 Å². The zero-order valence-electron chi connectivity index (χ0n) is 12.7. The van der Waals surface area contributed by atoms with E-state index < -0.39 is 5.97 Å². The number of nitrogens with one attached hydrogen (secondary N) is 2. The van der Waals surface area contributed by atoms with Crippen molar-refractivity contribution < 1.29 is 14.3 Å². The molecule has 22 heavy (non-hydrogen) atoms. The minimum absolute atomic E-state index is 0.239. The predicted molar refractivity (Wildman–Crippen MR) is 86.4 cm³/mol. The maximum absolute atomic E-state index is 12.0. The Labute approximate surface area is 135 Å². The van der Waals surface area contributed by atoms with E-state index in [1.54, 1.807) is 25.1 Å². The molecule has 0 bridgehead atoms. The second-order valence-electron chi connectivity index (χ2n) is 5.35. The molecule has 1 saturated carbocycles. The number of esters is 1. The Bertz CT molecular complexity index is 542. The summed E-state index contributed by atoms with van der Waals surface area (Å²) in [6, 6.07) is 4.73. The molecule has 0 atom stereocenters. The summed E-state index contributed by atoms with van der Waals surface area (Å²) < 4.78 is 4.91. The molecule has 1 aliphatic rings. The highest BCUT2D eigenvalue weighted by Crippen LogP contribution is 2.22. The molecule has 0 aliphatic heterocycles. The molecular formula is C16H21ClN2O3. The third-order valence-corrected chi connectivity index (χ3v) is 3.98. The molecule has 1 aromatic rings. The monoisotopic (exact) mass is 324 g/mol. The van der Waals surface area contributed by atoms with Crippen LogP contribution in [0, 0.1) is 0 Å². The van der Waals surface area contributed by atoms with Gasteiger partial charge in [0.05, 0.1) is 17.2 Å². The molecule has 2 amide bonds. The molecule has 0 radical (unpaired) electrons. The minimum atomic E-state index is -0.467. The quantitative estimate of drug-likeness (QED) is 0.823. The second kappa shape index (κ2) is 8.03. The van der Waals surface area contributed by atoms with Crippen LogP contribution < -0.4 is 10.6 Å². The van der Waals surface area contributed by atoms with Crippen LogP contribution in [0.25, 0.3) is 0 Å². The number of rotatable bonds is 4. The standard InChI is InChI=1S/C16H21ClN2O3/c1-2-22-15(20)13-9-8-12(10-14(13)17)19-16(21)18-11-6-4-3-5-7-11/h8-11H,2-7H2,1H3,(H2,18,19,21). The van der Waals surface area contributed by atoms with Crippen molar-refractivity contribution in [3.8, 4) is 0 Å². The van der Waals surface area contributed by atoms with Gasteiger partial charge in [0.15, 0.2) is 0 Å². The zero-order chi connectivity index (χ0) is 15.9. The summed E-state index contributed by atoms with van der Waals surface area (Å²) in [6.45, 7) is 2.02. The number of anilines is 1. The van der Waals surface area contributed by atoms with Gasteiger partial charge in [-0.2, -0.15) is 0 Å². The van der Waals surface area contributed by atoms with Crippen molar-refractivity contribution in [1.29, 1.82) is 0 Å². The van der Waals surface area contributed by atoms with Crippen LogP contribution in [0.15, 0.2) is 18.2 Å². The summed E-state index contributed by atoms with van der Waals surface area (Å²) in [5.74, 6) is -0.467. The van der Waals surface area contributed by atoms with Gasteiger partial charge in [-0.15, -0.1) is 0 Å². The Hall–Kier alpha value is -1.75. The fraction of sp³-hybridized carbons (Fsp3) is 0.500. The number of hydrogen-bond acceptors (Lipinski definition) is 3. The van der Waals surface area contributed by atoms with Crippen molar-refractivity contribution in [3.05, 3.63) is 28.8 Å². The fourth-order valence-electron chi connectivity index (χ4n) is 2.57. The number of ether oxygens (including phenoxy) is 1. The van der Waals surface area contributed by atoms with Crippen LogP contribution in [0.1, 0.15) is 49.4 Å². The first-order valence-corrected chi connectivity index (χ1v) is 8.02. The minimum Gasteiger partial charge on any atom is -0.462 e. The molecule has 0 saturated heterocycles. The molecule has 1 fully saturated rings. The van der Waals surface area contributed by atoms with Crippen LogP contribution in [0.5, 0.6) is 0 Å². The summed E-state index contributed by atoms with van der Waals surface area (Å²) in [6.07, 6.45) is 5.60. The molecule has 2 rings (SSSR count). The highest BCUT2D eigenvalue weighted by atomic mass is 35.5. The predicted octanol–water partition coefficient (Wildman–Crippen LogP) is 3.97. The van der Waals surface area contributed by atoms with E-state index in [4.69, 9.17) is 16.3 Å². The highest BCUT2D eigenvalue weighted by molar-refractivity contribution is 6.34. The van der Waals surface area contributed by atoms with Gasteiger partial charge >= 0.3 is 12.0 Å². The first-order chi connectivity index (χ1) is 10.6. The molecule has 0 heterocycles. The lowest BCUT2D eigenvalue weighted by atomic mass is 9.96. The Morgan fingerprint density at radius 1 is 1.27 bits per heavy atom. The smallest absolute Gasteiger partial charge is 0.339 e. The van der Waals surface area contributed by atoms with E-state index in [2.05, 4.69) is 10.6 Å². The van der Waals surface area contributed by atoms with Crippen LogP contribution in [-0.4, -0.2) is 24.6 Å². The number of hydrogen-bond donors (Lipinski definition) is 2. The molecule has 0 unspecified atom stereocenters. The van der Waals surface area contributed by atoms with Gasteiger partial charge in [0, 0.05) is 11.7 Å². The molecule has 1 aromatic carbocycles. The SMILES string of the molecule is CCOC(=O)c1ccc(NC(=O)NC2CCCCC2)cc1Cl. The summed E-state index contributed by atoms with van der Waals surface area (Å²) in [4.78, 5) is 23.6. The van der Waals surface area contributed by atoms with Crippen molar-refractivity contribution in [2.24, 2.45) is 0 Å². The van der Waals surface area contributed by atoms with Gasteiger partial charge in [-0.25, -0.2) is 9.59 Å². The van der Waals surface area contributed by atoms with E-state index in [0.29, 0.717) is 17.9 Å². The van der Waals surface area contributed by atoms with Crippen molar-refractivity contribution in [1.82, 2.24) is 5.32 Å². The Morgan fingerprint density at radius 2 is 2.00 bits per heavy atom. The summed E-state index contributed by atoms with van der Waals surface area (Å²) in [5, 5.41) is 5.96. The Balaban J connectivity index is 1.93. The summed E-state index contributed by atoms with van der Waals surface area (Å²) in [7, 11) is 0. The lowest BCUT2D eigenvalue weighted by Gasteiger charge is -2.22. The van der Waals surface area contributed by atoms with Crippen LogP contribution in [0.4, 0.5) is 10.5 Å². The fourth-order valence-corrected chi connectivity index (χ4v) is 2.82. The van der Waals surface area contributed by atoms with Crippen molar-refractivity contribution in [2.45, 2.75) is 45.1 Å². The maximum Gasteiger partial charge on any atom is 0.339 e. The van der Waals surface area contributed by atoms with Gasteiger partial charge in [-0.05, 0) is 38.0 Å². The van der Waals surface area contributed by atoms with Gasteiger partial charge in [0.2, 0.25) is 0 Å². The number of amides is 2. The molecule has 6 heteroatoms. The zero-order valence-corrected chi connectivity index (χ0v) is 13.4. The molecule has 0 spiro atoms. The van der Waals surface area contributed by atoms with Crippen LogP contribution in [0.3, 0.4) is 0 Å². The van der Waals surface area contributed by atoms with E-state index in [1.165, 1.54) is 6.42 Å². The van der Waals surface area contributed by atoms with E-state index in [0.717, 1.165) is 25.7 Å². The topological polar surface area (TPSA) is 67.4 Å². The van der Waals surface area contributed by atoms with Crippen molar-refractivity contribution in [2.75, 3.05) is 11.9 Å². The summed E-state index contributed by atoms with van der Waals surface area (Å²) >= 11 is 6.06. The van der Waals surface area contributed by atoms with E-state index in [-0.39, 0.29) is 17.1 Å². The Morgan fingerprint density at radius 3 is 2.64 bits per heavy atom. The number of carbonyl (C=O) groups excluding carboxylic acids is 2. The number of benzene rings is 1.